The largest absolute Gasteiger partial charge is 0.383 e. The van der Waals surface area contributed by atoms with Gasteiger partial charge in [-0.1, -0.05) is 0 Å². The average molecular weight is 338 g/mol. The number of methoxy groups -OCH3 is 1. The van der Waals surface area contributed by atoms with Crippen molar-refractivity contribution < 1.29 is 4.74 Å². The Hall–Kier alpha value is -0.130. The van der Waals surface area contributed by atoms with Crippen molar-refractivity contribution in [2.75, 3.05) is 25.7 Å². The summed E-state index contributed by atoms with van der Waals surface area (Å²) in [7, 11) is 3.71. The van der Waals surface area contributed by atoms with Crippen LogP contribution in [0, 0.1) is 0 Å². The van der Waals surface area contributed by atoms with E-state index in [1.807, 2.05) is 13.1 Å². The minimum absolute atomic E-state index is 0.292. The average Bonchev–Trinajstić information content (AvgIpc) is 2.17. The highest BCUT2D eigenvalue weighted by Crippen LogP contribution is 2.26. The van der Waals surface area contributed by atoms with Gasteiger partial charge in [0.25, 0.3) is 0 Å². The third-order valence-electron chi connectivity index (χ3n) is 2.19. The van der Waals surface area contributed by atoms with Gasteiger partial charge in [-0.3, -0.25) is 0 Å². The number of hydrogen-bond acceptors (Lipinski definition) is 3. The molecule has 1 aromatic rings. The molecular weight excluding hydrogens is 324 g/mol. The summed E-state index contributed by atoms with van der Waals surface area (Å²) in [5.74, 6) is 0.919. The van der Waals surface area contributed by atoms with Gasteiger partial charge in [0.2, 0.25) is 0 Å². The topological polar surface area (TPSA) is 25.4 Å². The number of ether oxygens (including phenoxy) is 1. The molecule has 84 valence electrons. The van der Waals surface area contributed by atoms with Crippen molar-refractivity contribution in [3.8, 4) is 0 Å². The Kier molecular flexibility index (Phi) is 5.02. The lowest BCUT2D eigenvalue weighted by molar-refractivity contribution is 0.183. The molecule has 0 aliphatic rings. The lowest BCUT2D eigenvalue weighted by Crippen LogP contribution is -2.33. The molecule has 5 heteroatoms. The monoisotopic (exact) mass is 336 g/mol. The molecule has 1 atom stereocenters. The summed E-state index contributed by atoms with van der Waals surface area (Å²) in [5.41, 5.74) is 0. The molecule has 1 unspecified atom stereocenters. The Morgan fingerprint density at radius 2 is 2.20 bits per heavy atom. The molecule has 0 amide bonds. The van der Waals surface area contributed by atoms with Crippen LogP contribution in [0.1, 0.15) is 6.92 Å². The third-order valence-corrected chi connectivity index (χ3v) is 3.21. The lowest BCUT2D eigenvalue weighted by Gasteiger charge is -2.26. The van der Waals surface area contributed by atoms with Gasteiger partial charge in [0.1, 0.15) is 5.82 Å². The second-order valence-electron chi connectivity index (χ2n) is 3.37. The van der Waals surface area contributed by atoms with E-state index >= 15 is 0 Å². The molecule has 0 aliphatic carbocycles. The minimum Gasteiger partial charge on any atom is -0.383 e. The molecule has 3 nitrogen and oxygen atoms in total. The van der Waals surface area contributed by atoms with Crippen LogP contribution < -0.4 is 4.90 Å². The summed E-state index contributed by atoms with van der Waals surface area (Å²) < 4.78 is 7.05. The molecule has 0 aliphatic heterocycles. The molecular formula is C10H14Br2N2O. The van der Waals surface area contributed by atoms with E-state index in [1.165, 1.54) is 0 Å². The number of nitrogens with zero attached hydrogens (tertiary/aromatic N) is 2. The predicted octanol–water partition coefficient (Wildman–Crippen LogP) is 3.08. The molecule has 0 N–H and O–H groups in total. The summed E-state index contributed by atoms with van der Waals surface area (Å²) in [6.07, 6.45) is 1.79. The predicted molar refractivity (Wildman–Crippen MR) is 69.4 cm³/mol. The SMILES string of the molecule is COCC(C)N(C)c1ncc(Br)cc1Br. The first-order chi connectivity index (χ1) is 7.06. The van der Waals surface area contributed by atoms with Gasteiger partial charge in [0, 0.05) is 24.8 Å². The smallest absolute Gasteiger partial charge is 0.143 e. The molecule has 0 aromatic carbocycles. The van der Waals surface area contributed by atoms with Crippen molar-refractivity contribution in [1.82, 2.24) is 4.98 Å². The maximum atomic E-state index is 5.12. The van der Waals surface area contributed by atoms with Gasteiger partial charge in [-0.25, -0.2) is 4.98 Å². The summed E-state index contributed by atoms with van der Waals surface area (Å²) in [6, 6.07) is 2.28. The van der Waals surface area contributed by atoms with E-state index in [-0.39, 0.29) is 0 Å². The van der Waals surface area contributed by atoms with Crippen LogP contribution in [0.25, 0.3) is 0 Å². The van der Waals surface area contributed by atoms with E-state index in [4.69, 9.17) is 4.74 Å². The molecule has 0 fully saturated rings. The Morgan fingerprint density at radius 1 is 1.53 bits per heavy atom. The fraction of sp³-hybridized carbons (Fsp3) is 0.500. The molecule has 1 heterocycles. The third kappa shape index (κ3) is 3.43. The summed E-state index contributed by atoms with van der Waals surface area (Å²) >= 11 is 6.87. The van der Waals surface area contributed by atoms with Crippen molar-refractivity contribution >= 4 is 37.7 Å². The Bertz CT molecular complexity index is 333. The molecule has 15 heavy (non-hydrogen) atoms. The maximum absolute atomic E-state index is 5.12. The van der Waals surface area contributed by atoms with Crippen molar-refractivity contribution in [2.45, 2.75) is 13.0 Å². The number of hydrogen-bond donors (Lipinski definition) is 0. The van der Waals surface area contributed by atoms with Crippen LogP contribution in [0.3, 0.4) is 0 Å². The molecule has 1 aromatic heterocycles. The standard InChI is InChI=1S/C10H14Br2N2O/c1-7(6-15-3)14(2)10-9(12)4-8(11)5-13-10/h4-5,7H,6H2,1-3H3. The van der Waals surface area contributed by atoms with Gasteiger partial charge >= 0.3 is 0 Å². The van der Waals surface area contributed by atoms with Gasteiger partial charge in [0.05, 0.1) is 17.1 Å². The zero-order valence-electron chi connectivity index (χ0n) is 9.00. The van der Waals surface area contributed by atoms with Crippen LogP contribution in [0.15, 0.2) is 21.2 Å². The van der Waals surface area contributed by atoms with Gasteiger partial charge in [-0.05, 0) is 44.8 Å². The molecule has 0 saturated heterocycles. The zero-order valence-corrected chi connectivity index (χ0v) is 12.2. The zero-order chi connectivity index (χ0) is 11.4. The number of halogens is 2. The normalized spacial score (nSPS) is 12.6. The van der Waals surface area contributed by atoms with Gasteiger partial charge in [-0.2, -0.15) is 0 Å². The molecule has 0 saturated carbocycles. The van der Waals surface area contributed by atoms with Gasteiger partial charge in [-0.15, -0.1) is 0 Å². The summed E-state index contributed by atoms with van der Waals surface area (Å²) in [5, 5.41) is 0. The molecule has 0 bridgehead atoms. The van der Waals surface area contributed by atoms with E-state index in [2.05, 4.69) is 48.7 Å². The summed E-state index contributed by atoms with van der Waals surface area (Å²) in [4.78, 5) is 6.44. The highest BCUT2D eigenvalue weighted by molar-refractivity contribution is 9.11. The second kappa shape index (κ2) is 5.82. The highest BCUT2D eigenvalue weighted by atomic mass is 79.9. The molecule has 0 spiro atoms. The quantitative estimate of drug-likeness (QED) is 0.844. The highest BCUT2D eigenvalue weighted by Gasteiger charge is 2.13. The van der Waals surface area contributed by atoms with Crippen LogP contribution in [-0.2, 0) is 4.74 Å². The number of pyridine rings is 1. The number of anilines is 1. The van der Waals surface area contributed by atoms with Crippen LogP contribution in [-0.4, -0.2) is 31.8 Å². The van der Waals surface area contributed by atoms with E-state index in [9.17, 15) is 0 Å². The maximum Gasteiger partial charge on any atom is 0.143 e. The Labute approximate surface area is 107 Å². The fourth-order valence-electron chi connectivity index (χ4n) is 1.23. The van der Waals surface area contributed by atoms with Crippen molar-refractivity contribution in [3.05, 3.63) is 21.2 Å². The first-order valence-electron chi connectivity index (χ1n) is 4.59. The van der Waals surface area contributed by atoms with Crippen LogP contribution >= 0.6 is 31.9 Å². The van der Waals surface area contributed by atoms with Crippen LogP contribution in [0.5, 0.6) is 0 Å². The van der Waals surface area contributed by atoms with Gasteiger partial charge in [0.15, 0.2) is 0 Å². The molecule has 0 radical (unpaired) electrons. The van der Waals surface area contributed by atoms with Crippen LogP contribution in [0.4, 0.5) is 5.82 Å². The number of rotatable bonds is 4. The van der Waals surface area contributed by atoms with E-state index in [0.717, 1.165) is 14.8 Å². The van der Waals surface area contributed by atoms with Crippen molar-refractivity contribution in [2.24, 2.45) is 0 Å². The number of likely N-dealkylation sites (N-methyl/N-ethyl adjacent to an activating group) is 1. The minimum atomic E-state index is 0.292. The Morgan fingerprint density at radius 3 is 2.73 bits per heavy atom. The Balaban J connectivity index is 2.86. The number of aromatic nitrogens is 1. The van der Waals surface area contributed by atoms with Crippen LogP contribution in [0.2, 0.25) is 0 Å². The lowest BCUT2D eigenvalue weighted by atomic mass is 10.3. The van der Waals surface area contributed by atoms with Crippen molar-refractivity contribution in [1.29, 1.82) is 0 Å². The first kappa shape index (κ1) is 12.9. The van der Waals surface area contributed by atoms with E-state index < -0.39 is 0 Å². The van der Waals surface area contributed by atoms with E-state index in [0.29, 0.717) is 12.6 Å². The fourth-order valence-corrected chi connectivity index (χ4v) is 2.50. The molecule has 1 rings (SSSR count). The second-order valence-corrected chi connectivity index (χ2v) is 5.14. The first-order valence-corrected chi connectivity index (χ1v) is 6.17. The van der Waals surface area contributed by atoms with Crippen molar-refractivity contribution in [3.63, 3.8) is 0 Å². The van der Waals surface area contributed by atoms with Gasteiger partial charge < -0.3 is 9.64 Å². The summed E-state index contributed by atoms with van der Waals surface area (Å²) in [6.45, 7) is 2.78. The van der Waals surface area contributed by atoms with E-state index in [1.54, 1.807) is 13.3 Å².